The van der Waals surface area contributed by atoms with Gasteiger partial charge >= 0.3 is 0 Å². The summed E-state index contributed by atoms with van der Waals surface area (Å²) in [5.41, 5.74) is 2.59. The van der Waals surface area contributed by atoms with Gasteiger partial charge in [0.25, 0.3) is 0 Å². The third kappa shape index (κ3) is 5.42. The highest BCUT2D eigenvalue weighted by Crippen LogP contribution is 2.10. The molecule has 2 nitrogen and oxygen atoms in total. The molecular formula is C13H22N2S. The van der Waals surface area contributed by atoms with Crippen LogP contribution in [0.3, 0.4) is 0 Å². The average molecular weight is 238 g/mol. The Bertz CT molecular complexity index is 282. The maximum Gasteiger partial charge on any atom is 0.0340 e. The first-order valence-electron chi connectivity index (χ1n) is 5.69. The van der Waals surface area contributed by atoms with Gasteiger partial charge < -0.3 is 10.2 Å². The van der Waals surface area contributed by atoms with Crippen LogP contribution in [0.4, 0.5) is 5.69 Å². The van der Waals surface area contributed by atoms with Crippen LogP contribution >= 0.6 is 11.8 Å². The van der Waals surface area contributed by atoms with E-state index in [9.17, 15) is 0 Å². The second kappa shape index (κ2) is 7.58. The number of anilines is 1. The smallest absolute Gasteiger partial charge is 0.0340 e. The first-order valence-corrected chi connectivity index (χ1v) is 7.08. The first kappa shape index (κ1) is 13.4. The molecule has 0 atom stereocenters. The lowest BCUT2D eigenvalue weighted by atomic mass is 10.2. The van der Waals surface area contributed by atoms with Crippen molar-refractivity contribution in [3.63, 3.8) is 0 Å². The zero-order valence-electron chi connectivity index (χ0n) is 10.5. The van der Waals surface area contributed by atoms with Gasteiger partial charge in [0.15, 0.2) is 0 Å². The topological polar surface area (TPSA) is 15.3 Å². The van der Waals surface area contributed by atoms with Crippen molar-refractivity contribution in [1.29, 1.82) is 0 Å². The Morgan fingerprint density at radius 3 is 2.44 bits per heavy atom. The van der Waals surface area contributed by atoms with Crippen molar-refractivity contribution < 1.29 is 0 Å². The molecule has 1 aromatic carbocycles. The molecule has 1 rings (SSSR count). The summed E-state index contributed by atoms with van der Waals surface area (Å²) in [6, 6.07) is 8.71. The molecule has 3 heteroatoms. The van der Waals surface area contributed by atoms with Crippen LogP contribution < -0.4 is 5.32 Å². The highest BCUT2D eigenvalue weighted by Gasteiger charge is 1.95. The van der Waals surface area contributed by atoms with E-state index >= 15 is 0 Å². The standard InChI is InChI=1S/C13H22N2S/c1-15(2)11-12-5-7-13(8-6-12)14-9-4-10-16-3/h5-8,14H,4,9-11H2,1-3H3. The van der Waals surface area contributed by atoms with Crippen LogP contribution in [0.15, 0.2) is 24.3 Å². The van der Waals surface area contributed by atoms with Crippen LogP contribution in [0.5, 0.6) is 0 Å². The van der Waals surface area contributed by atoms with Crippen LogP contribution in [0.1, 0.15) is 12.0 Å². The summed E-state index contributed by atoms with van der Waals surface area (Å²) in [4.78, 5) is 2.18. The van der Waals surface area contributed by atoms with E-state index in [1.807, 2.05) is 11.8 Å². The normalized spacial score (nSPS) is 10.8. The second-order valence-corrected chi connectivity index (χ2v) is 5.19. The summed E-state index contributed by atoms with van der Waals surface area (Å²) in [6.45, 7) is 2.07. The molecule has 0 radical (unpaired) electrons. The number of rotatable bonds is 7. The first-order chi connectivity index (χ1) is 7.72. The molecule has 0 bridgehead atoms. The quantitative estimate of drug-likeness (QED) is 0.735. The van der Waals surface area contributed by atoms with Gasteiger partial charge in [-0.2, -0.15) is 11.8 Å². The molecule has 1 aromatic rings. The van der Waals surface area contributed by atoms with E-state index in [1.165, 1.54) is 23.4 Å². The van der Waals surface area contributed by atoms with E-state index in [4.69, 9.17) is 0 Å². The molecule has 0 amide bonds. The monoisotopic (exact) mass is 238 g/mol. The lowest BCUT2D eigenvalue weighted by Gasteiger charge is -2.11. The van der Waals surface area contributed by atoms with Crippen molar-refractivity contribution in [2.45, 2.75) is 13.0 Å². The van der Waals surface area contributed by atoms with Crippen LogP contribution in [0.25, 0.3) is 0 Å². The minimum atomic E-state index is 1.01. The fraction of sp³-hybridized carbons (Fsp3) is 0.538. The molecule has 0 heterocycles. The van der Waals surface area contributed by atoms with Crippen molar-refractivity contribution in [2.75, 3.05) is 38.0 Å². The lowest BCUT2D eigenvalue weighted by molar-refractivity contribution is 0.402. The number of hydrogen-bond donors (Lipinski definition) is 1. The third-order valence-electron chi connectivity index (χ3n) is 2.31. The number of hydrogen-bond acceptors (Lipinski definition) is 3. The fourth-order valence-electron chi connectivity index (χ4n) is 1.54. The molecule has 0 aliphatic carbocycles. The average Bonchev–Trinajstić information content (AvgIpc) is 2.26. The second-order valence-electron chi connectivity index (χ2n) is 4.21. The third-order valence-corrected chi connectivity index (χ3v) is 3.00. The van der Waals surface area contributed by atoms with E-state index in [2.05, 4.69) is 54.8 Å². The Morgan fingerprint density at radius 2 is 1.88 bits per heavy atom. The minimum absolute atomic E-state index is 1.01. The number of nitrogens with one attached hydrogen (secondary N) is 1. The van der Waals surface area contributed by atoms with Gasteiger partial charge in [-0.25, -0.2) is 0 Å². The largest absolute Gasteiger partial charge is 0.385 e. The van der Waals surface area contributed by atoms with E-state index in [1.54, 1.807) is 0 Å². The summed E-state index contributed by atoms with van der Waals surface area (Å²) in [5.74, 6) is 1.23. The van der Waals surface area contributed by atoms with Gasteiger partial charge in [-0.15, -0.1) is 0 Å². The summed E-state index contributed by atoms with van der Waals surface area (Å²) in [6.07, 6.45) is 3.37. The van der Waals surface area contributed by atoms with Crippen LogP contribution in [0.2, 0.25) is 0 Å². The summed E-state index contributed by atoms with van der Waals surface area (Å²) in [5, 5.41) is 3.43. The zero-order chi connectivity index (χ0) is 11.8. The van der Waals surface area contributed by atoms with Crippen molar-refractivity contribution >= 4 is 17.4 Å². The molecule has 0 spiro atoms. The van der Waals surface area contributed by atoms with Crippen molar-refractivity contribution in [3.05, 3.63) is 29.8 Å². The summed E-state index contributed by atoms with van der Waals surface area (Å²) >= 11 is 1.90. The highest BCUT2D eigenvalue weighted by molar-refractivity contribution is 7.98. The maximum atomic E-state index is 3.43. The Labute approximate surface area is 103 Å². The van der Waals surface area contributed by atoms with Crippen molar-refractivity contribution in [2.24, 2.45) is 0 Å². The molecule has 0 unspecified atom stereocenters. The van der Waals surface area contributed by atoms with E-state index < -0.39 is 0 Å². The molecule has 0 aliphatic rings. The van der Waals surface area contributed by atoms with E-state index in [-0.39, 0.29) is 0 Å². The minimum Gasteiger partial charge on any atom is -0.385 e. The van der Waals surface area contributed by atoms with Gasteiger partial charge in [-0.3, -0.25) is 0 Å². The molecule has 0 fully saturated rings. The van der Waals surface area contributed by atoms with Gasteiger partial charge in [-0.05, 0) is 50.2 Å². The Kier molecular flexibility index (Phi) is 6.34. The molecule has 16 heavy (non-hydrogen) atoms. The lowest BCUT2D eigenvalue weighted by Crippen LogP contribution is -2.10. The molecule has 90 valence electrons. The Balaban J connectivity index is 2.33. The molecule has 0 saturated carbocycles. The molecule has 0 saturated heterocycles. The summed E-state index contributed by atoms with van der Waals surface area (Å²) in [7, 11) is 4.18. The van der Waals surface area contributed by atoms with Gasteiger partial charge in [-0.1, -0.05) is 12.1 Å². The van der Waals surface area contributed by atoms with Crippen molar-refractivity contribution in [3.8, 4) is 0 Å². The van der Waals surface area contributed by atoms with Crippen LogP contribution in [-0.4, -0.2) is 37.5 Å². The Morgan fingerprint density at radius 1 is 1.19 bits per heavy atom. The van der Waals surface area contributed by atoms with Gasteiger partial charge in [0, 0.05) is 18.8 Å². The fourth-order valence-corrected chi connectivity index (χ4v) is 1.98. The number of thioether (sulfide) groups is 1. The van der Waals surface area contributed by atoms with E-state index in [0.29, 0.717) is 0 Å². The van der Waals surface area contributed by atoms with E-state index in [0.717, 1.165) is 13.1 Å². The predicted octanol–water partition coefficient (Wildman–Crippen LogP) is 2.91. The van der Waals surface area contributed by atoms with Crippen molar-refractivity contribution in [1.82, 2.24) is 4.90 Å². The Hall–Kier alpha value is -0.670. The van der Waals surface area contributed by atoms with Crippen LogP contribution in [0, 0.1) is 0 Å². The zero-order valence-corrected chi connectivity index (χ0v) is 11.3. The number of nitrogens with zero attached hydrogens (tertiary/aromatic N) is 1. The highest BCUT2D eigenvalue weighted by atomic mass is 32.2. The maximum absolute atomic E-state index is 3.43. The van der Waals surface area contributed by atoms with Gasteiger partial charge in [0.05, 0.1) is 0 Å². The molecule has 0 aliphatic heterocycles. The van der Waals surface area contributed by atoms with Gasteiger partial charge in [0.1, 0.15) is 0 Å². The summed E-state index contributed by atoms with van der Waals surface area (Å²) < 4.78 is 0. The molecule has 0 aromatic heterocycles. The molecular weight excluding hydrogens is 216 g/mol. The van der Waals surface area contributed by atoms with Crippen LogP contribution in [-0.2, 0) is 6.54 Å². The van der Waals surface area contributed by atoms with Gasteiger partial charge in [0.2, 0.25) is 0 Å². The predicted molar refractivity (Wildman–Crippen MR) is 75.3 cm³/mol. The number of benzene rings is 1. The molecule has 1 N–H and O–H groups in total. The SMILES string of the molecule is CSCCCNc1ccc(CN(C)C)cc1.